The monoisotopic (exact) mass is 240 g/mol. The second kappa shape index (κ2) is 4.40. The van der Waals surface area contributed by atoms with Gasteiger partial charge in [-0.05, 0) is 13.0 Å². The fraction of sp³-hybridized carbons (Fsp3) is 0.200. The molecule has 0 unspecified atom stereocenters. The summed E-state index contributed by atoms with van der Waals surface area (Å²) in [6.07, 6.45) is 1.56. The molecule has 2 aromatic heterocycles. The van der Waals surface area contributed by atoms with Gasteiger partial charge in [-0.3, -0.25) is 4.79 Å². The molecule has 0 bridgehead atoms. The zero-order chi connectivity index (χ0) is 11.5. The Kier molecular flexibility index (Phi) is 2.96. The Morgan fingerprint density at radius 3 is 3.06 bits per heavy atom. The van der Waals surface area contributed by atoms with E-state index in [0.29, 0.717) is 11.6 Å². The lowest BCUT2D eigenvalue weighted by Gasteiger charge is -1.93. The number of nitrogens with zero attached hydrogens (tertiary/aromatic N) is 1. The molecule has 2 aromatic rings. The van der Waals surface area contributed by atoms with Crippen molar-refractivity contribution in [3.8, 4) is 11.3 Å². The van der Waals surface area contributed by atoms with E-state index in [0.717, 1.165) is 11.3 Å². The van der Waals surface area contributed by atoms with Crippen LogP contribution in [0.5, 0.6) is 0 Å². The number of aromatic nitrogens is 1. The highest BCUT2D eigenvalue weighted by Gasteiger charge is 2.12. The highest BCUT2D eigenvalue weighted by molar-refractivity contribution is 6.29. The summed E-state index contributed by atoms with van der Waals surface area (Å²) < 4.78 is 10.2. The number of anilines is 1. The summed E-state index contributed by atoms with van der Waals surface area (Å²) in [5, 5.41) is 6.18. The van der Waals surface area contributed by atoms with Crippen LogP contribution in [0, 0.1) is 6.92 Å². The minimum atomic E-state index is -0.328. The summed E-state index contributed by atoms with van der Waals surface area (Å²) in [5.74, 6) is 1.15. The van der Waals surface area contributed by atoms with Gasteiger partial charge in [-0.15, -0.1) is 11.6 Å². The van der Waals surface area contributed by atoms with E-state index in [4.69, 9.17) is 20.5 Å². The molecule has 2 rings (SSSR count). The molecule has 16 heavy (non-hydrogen) atoms. The second-order valence-electron chi connectivity index (χ2n) is 3.15. The van der Waals surface area contributed by atoms with E-state index in [-0.39, 0.29) is 11.8 Å². The molecule has 0 fully saturated rings. The zero-order valence-corrected chi connectivity index (χ0v) is 9.25. The van der Waals surface area contributed by atoms with Crippen molar-refractivity contribution in [3.63, 3.8) is 0 Å². The summed E-state index contributed by atoms with van der Waals surface area (Å²) >= 11 is 5.35. The number of amides is 1. The van der Waals surface area contributed by atoms with Gasteiger partial charge in [0.05, 0.1) is 11.8 Å². The summed E-state index contributed by atoms with van der Waals surface area (Å²) in [6, 6.07) is 3.38. The van der Waals surface area contributed by atoms with Gasteiger partial charge in [0.25, 0.3) is 0 Å². The average Bonchev–Trinajstić information content (AvgIpc) is 2.86. The van der Waals surface area contributed by atoms with Gasteiger partial charge in [-0.2, -0.15) is 0 Å². The van der Waals surface area contributed by atoms with Crippen LogP contribution in [0.3, 0.4) is 0 Å². The highest BCUT2D eigenvalue weighted by atomic mass is 35.5. The molecule has 0 spiro atoms. The maximum atomic E-state index is 11.0. The van der Waals surface area contributed by atoms with Crippen molar-refractivity contribution < 1.29 is 13.7 Å². The van der Waals surface area contributed by atoms with Crippen molar-refractivity contribution in [1.82, 2.24) is 5.16 Å². The molecule has 0 radical (unpaired) electrons. The molecule has 1 N–H and O–H groups in total. The van der Waals surface area contributed by atoms with Gasteiger partial charge in [0.15, 0.2) is 11.6 Å². The molecule has 1 amide bonds. The van der Waals surface area contributed by atoms with Gasteiger partial charge in [0, 0.05) is 6.07 Å². The Morgan fingerprint density at radius 1 is 1.62 bits per heavy atom. The van der Waals surface area contributed by atoms with Crippen LogP contribution in [0.1, 0.15) is 5.76 Å². The third kappa shape index (κ3) is 2.09. The third-order valence-corrected chi connectivity index (χ3v) is 2.27. The van der Waals surface area contributed by atoms with E-state index in [1.54, 1.807) is 18.4 Å². The predicted molar refractivity (Wildman–Crippen MR) is 58.3 cm³/mol. The molecule has 0 saturated carbocycles. The summed E-state index contributed by atoms with van der Waals surface area (Å²) in [7, 11) is 0. The van der Waals surface area contributed by atoms with Crippen molar-refractivity contribution in [2.24, 2.45) is 0 Å². The van der Waals surface area contributed by atoms with Crippen LogP contribution in [0.2, 0.25) is 0 Å². The number of rotatable bonds is 3. The molecular weight excluding hydrogens is 232 g/mol. The van der Waals surface area contributed by atoms with E-state index in [9.17, 15) is 4.79 Å². The lowest BCUT2D eigenvalue weighted by Crippen LogP contribution is -2.12. The summed E-state index contributed by atoms with van der Waals surface area (Å²) in [5.41, 5.74) is 0.805. The molecule has 0 saturated heterocycles. The number of aryl methyl sites for hydroxylation is 1. The first kappa shape index (κ1) is 10.8. The minimum Gasteiger partial charge on any atom is -0.469 e. The van der Waals surface area contributed by atoms with E-state index in [1.165, 1.54) is 0 Å². The molecular formula is C10H9ClN2O3. The first-order valence-corrected chi connectivity index (χ1v) is 5.11. The van der Waals surface area contributed by atoms with Gasteiger partial charge in [-0.1, -0.05) is 5.16 Å². The van der Waals surface area contributed by atoms with Gasteiger partial charge >= 0.3 is 0 Å². The van der Waals surface area contributed by atoms with E-state index < -0.39 is 0 Å². The molecule has 84 valence electrons. The average molecular weight is 241 g/mol. The van der Waals surface area contributed by atoms with Crippen molar-refractivity contribution in [3.05, 3.63) is 24.2 Å². The van der Waals surface area contributed by atoms with Crippen LogP contribution in [0.4, 0.5) is 5.82 Å². The molecule has 0 aromatic carbocycles. The third-order valence-electron chi connectivity index (χ3n) is 2.02. The second-order valence-corrected chi connectivity index (χ2v) is 3.42. The molecule has 0 aliphatic carbocycles. The van der Waals surface area contributed by atoms with Crippen LogP contribution in [0.15, 0.2) is 27.3 Å². The summed E-state index contributed by atoms with van der Waals surface area (Å²) in [4.78, 5) is 11.0. The topological polar surface area (TPSA) is 68.3 Å². The Hall–Kier alpha value is -1.75. The van der Waals surface area contributed by atoms with Crippen LogP contribution < -0.4 is 5.32 Å². The van der Waals surface area contributed by atoms with Crippen molar-refractivity contribution in [2.75, 3.05) is 11.2 Å². The first-order valence-electron chi connectivity index (χ1n) is 4.57. The molecule has 6 heteroatoms. The van der Waals surface area contributed by atoms with Crippen molar-refractivity contribution >= 4 is 23.3 Å². The van der Waals surface area contributed by atoms with Gasteiger partial charge in [-0.25, -0.2) is 0 Å². The number of hydrogen-bond acceptors (Lipinski definition) is 4. The minimum absolute atomic E-state index is 0.118. The molecule has 0 aliphatic rings. The quantitative estimate of drug-likeness (QED) is 0.837. The fourth-order valence-electron chi connectivity index (χ4n) is 1.28. The Balaban J connectivity index is 2.20. The Labute approximate surface area is 96.4 Å². The smallest absolute Gasteiger partial charge is 0.240 e. The number of nitrogens with one attached hydrogen (secondary N) is 1. The fourth-order valence-corrected chi connectivity index (χ4v) is 1.34. The van der Waals surface area contributed by atoms with Crippen molar-refractivity contribution in [1.29, 1.82) is 0 Å². The van der Waals surface area contributed by atoms with Crippen LogP contribution in [-0.2, 0) is 4.79 Å². The number of hydrogen-bond donors (Lipinski definition) is 1. The van der Waals surface area contributed by atoms with Crippen molar-refractivity contribution in [2.45, 2.75) is 6.92 Å². The maximum absolute atomic E-state index is 11.0. The molecule has 2 heterocycles. The lowest BCUT2D eigenvalue weighted by molar-refractivity contribution is -0.114. The number of alkyl halides is 1. The number of halogens is 1. The standard InChI is InChI=1S/C10H9ClN2O3/c1-6-7(2-3-15-6)8-4-9(13-16-8)12-10(14)5-11/h2-4H,5H2,1H3,(H,12,13,14). The lowest BCUT2D eigenvalue weighted by atomic mass is 10.2. The SMILES string of the molecule is Cc1occc1-c1cc(NC(=O)CCl)no1. The van der Waals surface area contributed by atoms with Gasteiger partial charge < -0.3 is 14.3 Å². The Morgan fingerprint density at radius 2 is 2.44 bits per heavy atom. The summed E-state index contributed by atoms with van der Waals surface area (Å²) in [6.45, 7) is 1.81. The first-order chi connectivity index (χ1) is 7.70. The van der Waals surface area contributed by atoms with Gasteiger partial charge in [0.2, 0.25) is 5.91 Å². The molecule has 0 atom stereocenters. The zero-order valence-electron chi connectivity index (χ0n) is 8.49. The normalized spacial score (nSPS) is 10.4. The van der Waals surface area contributed by atoms with Crippen LogP contribution >= 0.6 is 11.6 Å². The largest absolute Gasteiger partial charge is 0.469 e. The number of carbonyl (C=O) groups excluding carboxylic acids is 1. The molecule has 5 nitrogen and oxygen atoms in total. The number of furan rings is 1. The maximum Gasteiger partial charge on any atom is 0.240 e. The van der Waals surface area contributed by atoms with Crippen LogP contribution in [0.25, 0.3) is 11.3 Å². The van der Waals surface area contributed by atoms with E-state index in [1.807, 2.05) is 6.92 Å². The number of carbonyl (C=O) groups is 1. The predicted octanol–water partition coefficient (Wildman–Crippen LogP) is 2.42. The molecule has 0 aliphatic heterocycles. The van der Waals surface area contributed by atoms with E-state index in [2.05, 4.69) is 10.5 Å². The Bertz CT molecular complexity index is 504. The van der Waals surface area contributed by atoms with Crippen LogP contribution in [-0.4, -0.2) is 16.9 Å². The highest BCUT2D eigenvalue weighted by Crippen LogP contribution is 2.26. The van der Waals surface area contributed by atoms with Gasteiger partial charge in [0.1, 0.15) is 11.6 Å². The van der Waals surface area contributed by atoms with E-state index >= 15 is 0 Å².